The summed E-state index contributed by atoms with van der Waals surface area (Å²) in [5.74, 6) is 0.769. The summed E-state index contributed by atoms with van der Waals surface area (Å²) in [6.45, 7) is 0. The van der Waals surface area contributed by atoms with Crippen molar-refractivity contribution in [2.45, 2.75) is 12.8 Å². The zero-order valence-electron chi connectivity index (χ0n) is 11.7. The Morgan fingerprint density at radius 1 is 1.10 bits per heavy atom. The van der Waals surface area contributed by atoms with Crippen LogP contribution in [0.15, 0.2) is 12.1 Å². The van der Waals surface area contributed by atoms with E-state index in [1.54, 1.807) is 12.1 Å². The molecule has 0 aliphatic carbocycles. The first-order valence-electron chi connectivity index (χ1n) is 6.21. The van der Waals surface area contributed by atoms with Gasteiger partial charge < -0.3 is 14.2 Å². The SMILES string of the molecule is COc1cc(CC2CC(=O)NC2=O)cc(OC)c1OC. The van der Waals surface area contributed by atoms with Crippen LogP contribution in [0, 0.1) is 5.92 Å². The molecule has 0 radical (unpaired) electrons. The third kappa shape index (κ3) is 2.68. The van der Waals surface area contributed by atoms with Gasteiger partial charge in [0.2, 0.25) is 17.6 Å². The maximum atomic E-state index is 11.6. The summed E-state index contributed by atoms with van der Waals surface area (Å²) in [5.41, 5.74) is 0.856. The summed E-state index contributed by atoms with van der Waals surface area (Å²) >= 11 is 0. The molecule has 2 amide bonds. The Hall–Kier alpha value is -2.24. The molecule has 6 heteroatoms. The number of hydrogen-bond donors (Lipinski definition) is 1. The van der Waals surface area contributed by atoms with E-state index in [2.05, 4.69) is 5.32 Å². The molecular weight excluding hydrogens is 262 g/mol. The second-order valence-corrected chi connectivity index (χ2v) is 4.55. The van der Waals surface area contributed by atoms with Crippen molar-refractivity contribution in [1.29, 1.82) is 0 Å². The molecule has 1 aromatic rings. The number of methoxy groups -OCH3 is 3. The highest BCUT2D eigenvalue weighted by molar-refractivity contribution is 6.03. The van der Waals surface area contributed by atoms with Crippen LogP contribution in [0.25, 0.3) is 0 Å². The molecule has 2 rings (SSSR count). The van der Waals surface area contributed by atoms with E-state index < -0.39 is 0 Å². The summed E-state index contributed by atoms with van der Waals surface area (Å²) in [7, 11) is 4.60. The molecule has 1 saturated heterocycles. The van der Waals surface area contributed by atoms with E-state index in [4.69, 9.17) is 14.2 Å². The lowest BCUT2D eigenvalue weighted by molar-refractivity contribution is -0.125. The molecule has 20 heavy (non-hydrogen) atoms. The number of benzene rings is 1. The minimum Gasteiger partial charge on any atom is -0.493 e. The van der Waals surface area contributed by atoms with Crippen molar-refractivity contribution in [2.75, 3.05) is 21.3 Å². The van der Waals surface area contributed by atoms with Gasteiger partial charge in [0.25, 0.3) is 0 Å². The molecule has 1 atom stereocenters. The number of ether oxygens (including phenoxy) is 3. The van der Waals surface area contributed by atoms with Gasteiger partial charge in [-0.25, -0.2) is 0 Å². The van der Waals surface area contributed by atoms with Crippen LogP contribution in [-0.4, -0.2) is 33.1 Å². The predicted octanol–water partition coefficient (Wildman–Crippen LogP) is 0.918. The number of rotatable bonds is 5. The average molecular weight is 279 g/mol. The van der Waals surface area contributed by atoms with Crippen LogP contribution < -0.4 is 19.5 Å². The fraction of sp³-hybridized carbons (Fsp3) is 0.429. The number of imide groups is 1. The van der Waals surface area contributed by atoms with Crippen molar-refractivity contribution in [3.05, 3.63) is 17.7 Å². The van der Waals surface area contributed by atoms with E-state index in [0.717, 1.165) is 5.56 Å². The van der Waals surface area contributed by atoms with Crippen LogP contribution >= 0.6 is 0 Å². The molecule has 1 unspecified atom stereocenters. The number of carbonyl (C=O) groups is 2. The molecule has 1 aliphatic heterocycles. The topological polar surface area (TPSA) is 73.9 Å². The molecule has 0 bridgehead atoms. The Balaban J connectivity index is 2.28. The highest BCUT2D eigenvalue weighted by Crippen LogP contribution is 2.39. The van der Waals surface area contributed by atoms with E-state index in [1.807, 2.05) is 0 Å². The maximum absolute atomic E-state index is 11.6. The summed E-state index contributed by atoms with van der Waals surface area (Å²) in [6, 6.07) is 3.58. The monoisotopic (exact) mass is 279 g/mol. The highest BCUT2D eigenvalue weighted by atomic mass is 16.5. The summed E-state index contributed by atoms with van der Waals surface area (Å²) in [6.07, 6.45) is 0.670. The quantitative estimate of drug-likeness (QED) is 0.811. The lowest BCUT2D eigenvalue weighted by atomic mass is 9.97. The molecule has 0 aromatic heterocycles. The lowest BCUT2D eigenvalue weighted by Crippen LogP contribution is -2.22. The molecule has 1 aliphatic rings. The van der Waals surface area contributed by atoms with Crippen LogP contribution in [0.1, 0.15) is 12.0 Å². The Morgan fingerprint density at radius 3 is 2.10 bits per heavy atom. The van der Waals surface area contributed by atoms with Gasteiger partial charge in [-0.15, -0.1) is 0 Å². The van der Waals surface area contributed by atoms with Crippen LogP contribution in [0.2, 0.25) is 0 Å². The van der Waals surface area contributed by atoms with Crippen molar-refractivity contribution in [1.82, 2.24) is 5.32 Å². The minimum atomic E-state index is -0.342. The van der Waals surface area contributed by atoms with Crippen molar-refractivity contribution in [3.8, 4) is 17.2 Å². The standard InChI is InChI=1S/C14H17NO5/c1-18-10-5-8(6-11(19-2)13(10)20-3)4-9-7-12(16)15-14(9)17/h5-6,9H,4,7H2,1-3H3,(H,15,16,17). The van der Waals surface area contributed by atoms with E-state index >= 15 is 0 Å². The van der Waals surface area contributed by atoms with Gasteiger partial charge in [-0.05, 0) is 24.1 Å². The molecule has 6 nitrogen and oxygen atoms in total. The second kappa shape index (κ2) is 5.81. The summed E-state index contributed by atoms with van der Waals surface area (Å²) in [5, 5.41) is 2.30. The van der Waals surface area contributed by atoms with Crippen LogP contribution in [0.3, 0.4) is 0 Å². The average Bonchev–Trinajstić information content (AvgIpc) is 2.75. The van der Waals surface area contributed by atoms with Gasteiger partial charge in [0.1, 0.15) is 0 Å². The smallest absolute Gasteiger partial charge is 0.230 e. The number of carbonyl (C=O) groups excluding carboxylic acids is 2. The molecule has 1 fully saturated rings. The summed E-state index contributed by atoms with van der Waals surface area (Å²) in [4.78, 5) is 22.8. The largest absolute Gasteiger partial charge is 0.493 e. The van der Waals surface area contributed by atoms with E-state index in [0.29, 0.717) is 23.7 Å². The van der Waals surface area contributed by atoms with Crippen LogP contribution in [0.5, 0.6) is 17.2 Å². The zero-order valence-corrected chi connectivity index (χ0v) is 11.7. The zero-order chi connectivity index (χ0) is 14.7. The Bertz CT molecular complexity index is 515. The van der Waals surface area contributed by atoms with Crippen LogP contribution in [0.4, 0.5) is 0 Å². The number of amides is 2. The third-order valence-corrected chi connectivity index (χ3v) is 3.27. The van der Waals surface area contributed by atoms with E-state index in [9.17, 15) is 9.59 Å². The van der Waals surface area contributed by atoms with E-state index in [-0.39, 0.29) is 24.2 Å². The first-order chi connectivity index (χ1) is 9.58. The van der Waals surface area contributed by atoms with Gasteiger partial charge in [0.15, 0.2) is 11.5 Å². The first kappa shape index (κ1) is 14.2. The van der Waals surface area contributed by atoms with Gasteiger partial charge in [-0.3, -0.25) is 14.9 Å². The van der Waals surface area contributed by atoms with Gasteiger partial charge in [-0.2, -0.15) is 0 Å². The number of nitrogens with one attached hydrogen (secondary N) is 1. The van der Waals surface area contributed by atoms with Crippen LogP contribution in [-0.2, 0) is 16.0 Å². The van der Waals surface area contributed by atoms with Gasteiger partial charge in [0.05, 0.1) is 27.2 Å². The van der Waals surface area contributed by atoms with Crippen molar-refractivity contribution in [2.24, 2.45) is 5.92 Å². The van der Waals surface area contributed by atoms with Gasteiger partial charge in [-0.1, -0.05) is 0 Å². The van der Waals surface area contributed by atoms with Crippen molar-refractivity contribution in [3.63, 3.8) is 0 Å². The molecule has 1 heterocycles. The minimum absolute atomic E-state index is 0.218. The van der Waals surface area contributed by atoms with Gasteiger partial charge >= 0.3 is 0 Å². The van der Waals surface area contributed by atoms with E-state index in [1.165, 1.54) is 21.3 Å². The molecule has 0 spiro atoms. The highest BCUT2D eigenvalue weighted by Gasteiger charge is 2.31. The van der Waals surface area contributed by atoms with Crippen molar-refractivity contribution < 1.29 is 23.8 Å². The fourth-order valence-electron chi connectivity index (χ4n) is 2.31. The first-order valence-corrected chi connectivity index (χ1v) is 6.21. The maximum Gasteiger partial charge on any atom is 0.230 e. The Kier molecular flexibility index (Phi) is 4.12. The molecule has 0 saturated carbocycles. The molecular formula is C14H17NO5. The van der Waals surface area contributed by atoms with Crippen molar-refractivity contribution >= 4 is 11.8 Å². The molecule has 108 valence electrons. The number of hydrogen-bond acceptors (Lipinski definition) is 5. The Morgan fingerprint density at radius 2 is 1.70 bits per heavy atom. The third-order valence-electron chi connectivity index (χ3n) is 3.27. The Labute approximate surface area is 117 Å². The summed E-state index contributed by atoms with van der Waals surface area (Å²) < 4.78 is 15.8. The fourth-order valence-corrected chi connectivity index (χ4v) is 2.31. The van der Waals surface area contributed by atoms with Gasteiger partial charge in [0, 0.05) is 6.42 Å². The normalized spacial score (nSPS) is 17.9. The predicted molar refractivity (Wildman–Crippen MR) is 71.1 cm³/mol. The molecule has 1 aromatic carbocycles. The molecule has 1 N–H and O–H groups in total. The second-order valence-electron chi connectivity index (χ2n) is 4.55. The lowest BCUT2D eigenvalue weighted by Gasteiger charge is -2.15.